The van der Waals surface area contributed by atoms with Gasteiger partial charge in [-0.3, -0.25) is 9.59 Å². The molecule has 0 saturated heterocycles. The summed E-state index contributed by atoms with van der Waals surface area (Å²) in [5, 5.41) is 5.33. The average Bonchev–Trinajstić information content (AvgIpc) is 3.20. The molecule has 1 heterocycles. The number of hydrogen-bond donors (Lipinski definition) is 1. The van der Waals surface area contributed by atoms with Gasteiger partial charge in [-0.25, -0.2) is 4.98 Å². The molecule has 1 aliphatic rings. The van der Waals surface area contributed by atoms with Crippen LogP contribution in [0.15, 0.2) is 48.7 Å². The van der Waals surface area contributed by atoms with Crippen molar-refractivity contribution in [3.63, 3.8) is 0 Å². The Hall–Kier alpha value is -2.53. The highest BCUT2D eigenvalue weighted by Crippen LogP contribution is 2.28. The molecule has 1 amide bonds. The Kier molecular flexibility index (Phi) is 5.81. The third kappa shape index (κ3) is 4.30. The van der Waals surface area contributed by atoms with Crippen LogP contribution in [0.3, 0.4) is 0 Å². The van der Waals surface area contributed by atoms with Crippen molar-refractivity contribution in [1.82, 2.24) is 4.98 Å². The molecule has 0 unspecified atom stereocenters. The fourth-order valence-electron chi connectivity index (χ4n) is 3.99. The van der Waals surface area contributed by atoms with Gasteiger partial charge >= 0.3 is 0 Å². The minimum Gasteiger partial charge on any atom is -0.302 e. The fraction of sp³-hybridized carbons (Fsp3) is 0.348. The Morgan fingerprint density at radius 1 is 1.04 bits per heavy atom. The number of nitrogens with zero attached hydrogens (tertiary/aromatic N) is 1. The van der Waals surface area contributed by atoms with Crippen LogP contribution in [0.5, 0.6) is 0 Å². The molecular formula is C23H24N2O2S. The van der Waals surface area contributed by atoms with E-state index in [1.807, 2.05) is 42.5 Å². The van der Waals surface area contributed by atoms with E-state index >= 15 is 0 Å². The molecular weight excluding hydrogens is 368 g/mol. The van der Waals surface area contributed by atoms with Crippen molar-refractivity contribution in [1.29, 1.82) is 0 Å². The van der Waals surface area contributed by atoms with Gasteiger partial charge in [0, 0.05) is 12.0 Å². The van der Waals surface area contributed by atoms with Crippen LogP contribution in [-0.2, 0) is 4.79 Å². The quantitative estimate of drug-likeness (QED) is 0.537. The van der Waals surface area contributed by atoms with Crippen molar-refractivity contribution in [2.75, 3.05) is 5.32 Å². The lowest BCUT2D eigenvalue weighted by Crippen LogP contribution is -2.14. The second kappa shape index (κ2) is 8.65. The highest BCUT2D eigenvalue weighted by molar-refractivity contribution is 7.17. The molecule has 0 spiro atoms. The first-order valence-corrected chi connectivity index (χ1v) is 10.8. The van der Waals surface area contributed by atoms with Crippen molar-refractivity contribution in [2.45, 2.75) is 44.9 Å². The molecule has 0 radical (unpaired) electrons. The Bertz CT molecular complexity index is 984. The monoisotopic (exact) mass is 392 g/mol. The molecule has 0 aliphatic heterocycles. The maximum absolute atomic E-state index is 12.9. The van der Waals surface area contributed by atoms with Gasteiger partial charge in [0.25, 0.3) is 0 Å². The van der Waals surface area contributed by atoms with Crippen LogP contribution in [-0.4, -0.2) is 16.7 Å². The maximum Gasteiger partial charge on any atom is 0.226 e. The van der Waals surface area contributed by atoms with Crippen LogP contribution in [0.4, 0.5) is 5.13 Å². The third-order valence-electron chi connectivity index (χ3n) is 5.51. The van der Waals surface area contributed by atoms with E-state index < -0.39 is 0 Å². The van der Waals surface area contributed by atoms with E-state index in [0.29, 0.717) is 27.9 Å². The summed E-state index contributed by atoms with van der Waals surface area (Å²) in [7, 11) is 0. The van der Waals surface area contributed by atoms with E-state index in [9.17, 15) is 9.59 Å². The van der Waals surface area contributed by atoms with E-state index in [1.54, 1.807) is 6.20 Å². The lowest BCUT2D eigenvalue weighted by molar-refractivity contribution is -0.116. The summed E-state index contributed by atoms with van der Waals surface area (Å²) in [6, 6.07) is 13.6. The molecule has 1 aliphatic carbocycles. The van der Waals surface area contributed by atoms with Gasteiger partial charge in [-0.1, -0.05) is 85.9 Å². The molecule has 2 aromatic carbocycles. The predicted octanol–water partition coefficient (Wildman–Crippen LogP) is 5.83. The second-order valence-corrected chi connectivity index (χ2v) is 8.51. The lowest BCUT2D eigenvalue weighted by atomic mass is 9.86. The number of fused-ring (bicyclic) bond motifs is 1. The minimum atomic E-state index is -0.0583. The zero-order valence-electron chi connectivity index (χ0n) is 15.8. The number of nitrogens with one attached hydrogen (secondary N) is 1. The molecule has 1 aromatic heterocycles. The van der Waals surface area contributed by atoms with Gasteiger partial charge in [0.05, 0.1) is 11.1 Å². The largest absolute Gasteiger partial charge is 0.302 e. The smallest absolute Gasteiger partial charge is 0.226 e. The summed E-state index contributed by atoms with van der Waals surface area (Å²) in [6.07, 6.45) is 9.43. The molecule has 0 atom stereocenters. The van der Waals surface area contributed by atoms with Crippen molar-refractivity contribution >= 4 is 38.9 Å². The number of hydrogen-bond acceptors (Lipinski definition) is 4. The molecule has 5 heteroatoms. The van der Waals surface area contributed by atoms with Crippen LogP contribution >= 0.6 is 11.3 Å². The van der Waals surface area contributed by atoms with Crippen molar-refractivity contribution in [3.8, 4) is 0 Å². The summed E-state index contributed by atoms with van der Waals surface area (Å²) in [4.78, 5) is 30.0. The first-order chi connectivity index (χ1) is 13.7. The SMILES string of the molecule is O=C(CCC1CCCCC1)Nc1ncc(C(=O)c2cccc3ccccc23)s1. The molecule has 3 aromatic rings. The van der Waals surface area contributed by atoms with Gasteiger partial charge in [-0.15, -0.1) is 0 Å². The normalized spacial score (nSPS) is 14.9. The predicted molar refractivity (Wildman–Crippen MR) is 114 cm³/mol. The van der Waals surface area contributed by atoms with E-state index in [2.05, 4.69) is 10.3 Å². The van der Waals surface area contributed by atoms with Gasteiger partial charge in [0.2, 0.25) is 11.7 Å². The number of carbonyl (C=O) groups is 2. The van der Waals surface area contributed by atoms with Gasteiger partial charge in [0.1, 0.15) is 0 Å². The number of carbonyl (C=O) groups excluding carboxylic acids is 2. The van der Waals surface area contributed by atoms with E-state index in [0.717, 1.165) is 17.2 Å². The zero-order valence-corrected chi connectivity index (χ0v) is 16.6. The third-order valence-corrected chi connectivity index (χ3v) is 6.43. The Balaban J connectivity index is 1.40. The molecule has 1 saturated carbocycles. The Labute approximate surface area is 169 Å². The topological polar surface area (TPSA) is 59.1 Å². The van der Waals surface area contributed by atoms with Gasteiger partial charge in [0.15, 0.2) is 5.13 Å². The van der Waals surface area contributed by atoms with Crippen molar-refractivity contribution < 1.29 is 9.59 Å². The maximum atomic E-state index is 12.9. The molecule has 1 N–H and O–H groups in total. The van der Waals surface area contributed by atoms with Crippen LogP contribution in [0.2, 0.25) is 0 Å². The Morgan fingerprint density at radius 3 is 2.68 bits per heavy atom. The number of anilines is 1. The van der Waals surface area contributed by atoms with E-state index in [-0.39, 0.29) is 11.7 Å². The van der Waals surface area contributed by atoms with Crippen molar-refractivity contribution in [3.05, 3.63) is 59.1 Å². The number of aromatic nitrogens is 1. The number of rotatable bonds is 6. The molecule has 144 valence electrons. The second-order valence-electron chi connectivity index (χ2n) is 7.48. The van der Waals surface area contributed by atoms with E-state index in [4.69, 9.17) is 0 Å². The fourth-order valence-corrected chi connectivity index (χ4v) is 4.77. The summed E-state index contributed by atoms with van der Waals surface area (Å²) in [6.45, 7) is 0. The molecule has 0 bridgehead atoms. The number of benzene rings is 2. The highest BCUT2D eigenvalue weighted by atomic mass is 32.1. The molecule has 4 rings (SSSR count). The summed E-state index contributed by atoms with van der Waals surface area (Å²) in [5.41, 5.74) is 0.664. The number of ketones is 1. The van der Waals surface area contributed by atoms with Gasteiger partial charge < -0.3 is 5.32 Å². The molecule has 28 heavy (non-hydrogen) atoms. The molecule has 4 nitrogen and oxygen atoms in total. The minimum absolute atomic E-state index is 0.0101. The number of thiazole rings is 1. The van der Waals surface area contributed by atoms with E-state index in [1.165, 1.54) is 43.4 Å². The average molecular weight is 393 g/mol. The Morgan fingerprint density at radius 2 is 1.82 bits per heavy atom. The van der Waals surface area contributed by atoms with Crippen LogP contribution in [0.1, 0.15) is 60.2 Å². The summed E-state index contributed by atoms with van der Waals surface area (Å²) < 4.78 is 0. The highest BCUT2D eigenvalue weighted by Gasteiger charge is 2.18. The van der Waals surface area contributed by atoms with Crippen LogP contribution in [0, 0.1) is 5.92 Å². The van der Waals surface area contributed by atoms with Gasteiger partial charge in [-0.05, 0) is 23.1 Å². The molecule has 1 fully saturated rings. The van der Waals surface area contributed by atoms with Crippen LogP contribution < -0.4 is 5.32 Å². The number of amides is 1. The summed E-state index contributed by atoms with van der Waals surface area (Å²) in [5.74, 6) is 0.611. The van der Waals surface area contributed by atoms with Gasteiger partial charge in [-0.2, -0.15) is 0 Å². The van der Waals surface area contributed by atoms with Crippen LogP contribution in [0.25, 0.3) is 10.8 Å². The first-order valence-electron chi connectivity index (χ1n) is 9.99. The summed E-state index contributed by atoms with van der Waals surface area (Å²) >= 11 is 1.24. The van der Waals surface area contributed by atoms with Crippen molar-refractivity contribution in [2.24, 2.45) is 5.92 Å². The zero-order chi connectivity index (χ0) is 19.3. The lowest BCUT2D eigenvalue weighted by Gasteiger charge is -2.20. The first kappa shape index (κ1) is 18.8. The standard InChI is InChI=1S/C23H24N2O2S/c26-21(14-13-16-7-2-1-3-8-16)25-23-24-15-20(28-23)22(27)19-12-6-10-17-9-4-5-11-18(17)19/h4-6,9-12,15-16H,1-3,7-8,13-14H2,(H,24,25,26).